The summed E-state index contributed by atoms with van der Waals surface area (Å²) in [6.45, 7) is 3.06. The van der Waals surface area contributed by atoms with Crippen molar-refractivity contribution in [2.75, 3.05) is 6.61 Å². The molecule has 0 bridgehead atoms. The van der Waals surface area contributed by atoms with Gasteiger partial charge < -0.3 is 9.26 Å². The molecule has 3 rings (SSSR count). The van der Waals surface area contributed by atoms with Gasteiger partial charge in [0, 0.05) is 6.20 Å². The molecule has 0 amide bonds. The molecule has 0 radical (unpaired) electrons. The predicted octanol–water partition coefficient (Wildman–Crippen LogP) is 1.63. The fourth-order valence-corrected chi connectivity index (χ4v) is 3.52. The number of carbonyl (C=O) groups excluding carboxylic acids is 1. The van der Waals surface area contributed by atoms with Crippen molar-refractivity contribution in [3.63, 3.8) is 0 Å². The maximum absolute atomic E-state index is 12.3. The summed E-state index contributed by atoms with van der Waals surface area (Å²) in [6, 6.07) is 9.54. The molecular weight excluding hydrogens is 372 g/mol. The zero-order valence-corrected chi connectivity index (χ0v) is 15.6. The molecule has 0 atom stereocenters. The standard InChI is InChI=1S/C17H18N4O5S/c1-3-25-17(22)14-10-21(27(23,24)20-12(14)2)11-15-18-16(26-19-15)9-13-7-5-4-6-8-13/h4-8,10H,3,9,11H2,1-2H3. The monoisotopic (exact) mass is 390 g/mol. The Labute approximate surface area is 156 Å². The van der Waals surface area contributed by atoms with Gasteiger partial charge in [0.2, 0.25) is 5.89 Å². The van der Waals surface area contributed by atoms with Crippen LogP contribution >= 0.6 is 0 Å². The van der Waals surface area contributed by atoms with Crippen LogP contribution < -0.4 is 0 Å². The van der Waals surface area contributed by atoms with E-state index in [2.05, 4.69) is 14.5 Å². The van der Waals surface area contributed by atoms with E-state index in [1.165, 1.54) is 13.1 Å². The Balaban J connectivity index is 1.78. The van der Waals surface area contributed by atoms with E-state index in [1.54, 1.807) is 6.92 Å². The van der Waals surface area contributed by atoms with Crippen molar-refractivity contribution in [2.24, 2.45) is 4.40 Å². The van der Waals surface area contributed by atoms with Crippen molar-refractivity contribution in [2.45, 2.75) is 26.8 Å². The van der Waals surface area contributed by atoms with Gasteiger partial charge in [-0.25, -0.2) is 4.79 Å². The van der Waals surface area contributed by atoms with Gasteiger partial charge in [-0.1, -0.05) is 35.5 Å². The van der Waals surface area contributed by atoms with Crippen LogP contribution in [0.15, 0.2) is 51.0 Å². The Kier molecular flexibility index (Phi) is 5.36. The summed E-state index contributed by atoms with van der Waals surface area (Å²) in [6.07, 6.45) is 1.62. The first kappa shape index (κ1) is 18.8. The van der Waals surface area contributed by atoms with Crippen molar-refractivity contribution in [3.8, 4) is 0 Å². The molecule has 0 saturated carbocycles. The number of rotatable bonds is 6. The molecule has 1 aromatic heterocycles. The summed E-state index contributed by atoms with van der Waals surface area (Å²) in [5.74, 6) is -0.116. The van der Waals surface area contributed by atoms with Crippen molar-refractivity contribution in [1.29, 1.82) is 0 Å². The van der Waals surface area contributed by atoms with Crippen molar-refractivity contribution in [1.82, 2.24) is 14.4 Å². The third kappa shape index (κ3) is 4.40. The molecular formula is C17H18N4O5S. The first-order valence-electron chi connectivity index (χ1n) is 8.22. The number of hydrogen-bond donors (Lipinski definition) is 0. The Hall–Kier alpha value is -3.01. The highest BCUT2D eigenvalue weighted by Crippen LogP contribution is 2.19. The van der Waals surface area contributed by atoms with Gasteiger partial charge in [0.25, 0.3) is 0 Å². The topological polar surface area (TPSA) is 115 Å². The van der Waals surface area contributed by atoms with Gasteiger partial charge >= 0.3 is 16.2 Å². The van der Waals surface area contributed by atoms with Gasteiger partial charge in [-0.2, -0.15) is 13.4 Å². The number of benzene rings is 1. The van der Waals surface area contributed by atoms with E-state index in [9.17, 15) is 13.2 Å². The zero-order chi connectivity index (χ0) is 19.4. The molecule has 1 aliphatic heterocycles. The van der Waals surface area contributed by atoms with Gasteiger partial charge in [0.1, 0.15) is 0 Å². The van der Waals surface area contributed by atoms with E-state index in [1.807, 2.05) is 30.3 Å². The Morgan fingerprint density at radius 2 is 2.00 bits per heavy atom. The summed E-state index contributed by atoms with van der Waals surface area (Å²) in [4.78, 5) is 16.2. The number of carbonyl (C=O) groups is 1. The average Bonchev–Trinajstić information content (AvgIpc) is 3.05. The number of nitrogens with zero attached hydrogens (tertiary/aromatic N) is 4. The van der Waals surface area contributed by atoms with Gasteiger partial charge in [-0.05, 0) is 19.4 Å². The molecule has 142 valence electrons. The summed E-state index contributed by atoms with van der Waals surface area (Å²) in [5, 5.41) is 3.81. The van der Waals surface area contributed by atoms with Gasteiger partial charge in [-0.15, -0.1) is 4.40 Å². The lowest BCUT2D eigenvalue weighted by atomic mass is 10.1. The minimum atomic E-state index is -3.99. The second-order valence-electron chi connectivity index (χ2n) is 5.73. The Morgan fingerprint density at radius 3 is 2.70 bits per heavy atom. The molecule has 2 heterocycles. The molecule has 2 aromatic rings. The van der Waals surface area contributed by atoms with Crippen molar-refractivity contribution in [3.05, 3.63) is 59.4 Å². The van der Waals surface area contributed by atoms with E-state index in [0.717, 1.165) is 9.87 Å². The molecule has 0 unspecified atom stereocenters. The van der Waals surface area contributed by atoms with Gasteiger partial charge in [0.15, 0.2) is 5.82 Å². The average molecular weight is 390 g/mol. The van der Waals surface area contributed by atoms with E-state index in [4.69, 9.17) is 9.26 Å². The lowest BCUT2D eigenvalue weighted by Crippen LogP contribution is -2.32. The normalized spacial score (nSPS) is 15.9. The van der Waals surface area contributed by atoms with Crippen LogP contribution in [0.3, 0.4) is 0 Å². The van der Waals surface area contributed by atoms with Crippen LogP contribution in [-0.2, 0) is 32.7 Å². The van der Waals surface area contributed by atoms with Gasteiger partial charge in [-0.3, -0.25) is 4.31 Å². The van der Waals surface area contributed by atoms with Crippen molar-refractivity contribution < 1.29 is 22.5 Å². The Bertz CT molecular complexity index is 995. The second-order valence-corrected chi connectivity index (χ2v) is 7.28. The quantitative estimate of drug-likeness (QED) is 0.688. The lowest BCUT2D eigenvalue weighted by Gasteiger charge is -2.21. The van der Waals surface area contributed by atoms with Crippen LogP contribution in [0.5, 0.6) is 0 Å². The first-order chi connectivity index (χ1) is 12.9. The fraction of sp³-hybridized carbons (Fsp3) is 0.294. The van der Waals surface area contributed by atoms with E-state index < -0.39 is 16.2 Å². The highest BCUT2D eigenvalue weighted by molar-refractivity contribution is 7.88. The first-order valence-corrected chi connectivity index (χ1v) is 9.62. The second kappa shape index (κ2) is 7.70. The van der Waals surface area contributed by atoms with Crippen molar-refractivity contribution >= 4 is 21.9 Å². The van der Waals surface area contributed by atoms with Crippen LogP contribution in [0.25, 0.3) is 0 Å². The molecule has 1 aliphatic rings. The molecule has 27 heavy (non-hydrogen) atoms. The molecule has 0 N–H and O–H groups in total. The number of ether oxygens (including phenoxy) is 1. The Morgan fingerprint density at radius 1 is 1.26 bits per heavy atom. The minimum absolute atomic E-state index is 0.0691. The van der Waals surface area contributed by atoms with Crippen LogP contribution in [0.4, 0.5) is 0 Å². The highest BCUT2D eigenvalue weighted by Gasteiger charge is 2.30. The molecule has 1 aromatic carbocycles. The van der Waals surface area contributed by atoms with Crippen LogP contribution in [0, 0.1) is 0 Å². The molecule has 10 heteroatoms. The van der Waals surface area contributed by atoms with E-state index in [-0.39, 0.29) is 30.3 Å². The third-order valence-corrected chi connectivity index (χ3v) is 5.04. The molecule has 0 spiro atoms. The van der Waals surface area contributed by atoms with E-state index >= 15 is 0 Å². The van der Waals surface area contributed by atoms with E-state index in [0.29, 0.717) is 12.3 Å². The number of esters is 1. The minimum Gasteiger partial charge on any atom is -0.462 e. The SMILES string of the molecule is CCOC(=O)C1=CN(Cc2noc(Cc3ccccc3)n2)S(=O)(=O)N=C1C. The summed E-state index contributed by atoms with van der Waals surface area (Å²) < 4.78 is 39.2. The maximum atomic E-state index is 12.3. The molecule has 0 saturated heterocycles. The maximum Gasteiger partial charge on any atom is 0.344 e. The summed E-state index contributed by atoms with van der Waals surface area (Å²) >= 11 is 0. The molecule has 0 fully saturated rings. The van der Waals surface area contributed by atoms with Crippen LogP contribution in [-0.4, -0.2) is 41.2 Å². The predicted molar refractivity (Wildman–Crippen MR) is 95.8 cm³/mol. The number of hydrogen-bond acceptors (Lipinski definition) is 7. The fourth-order valence-electron chi connectivity index (χ4n) is 2.45. The summed E-state index contributed by atoms with van der Waals surface area (Å²) in [7, 11) is -3.99. The van der Waals surface area contributed by atoms with Gasteiger partial charge in [0.05, 0.1) is 30.9 Å². The summed E-state index contributed by atoms with van der Waals surface area (Å²) in [5.41, 5.74) is 1.13. The highest BCUT2D eigenvalue weighted by atomic mass is 32.2. The lowest BCUT2D eigenvalue weighted by molar-refractivity contribution is -0.137. The van der Waals surface area contributed by atoms with Crippen LogP contribution in [0.2, 0.25) is 0 Å². The smallest absolute Gasteiger partial charge is 0.344 e. The zero-order valence-electron chi connectivity index (χ0n) is 14.8. The van der Waals surface area contributed by atoms with Crippen LogP contribution in [0.1, 0.15) is 31.1 Å². The molecule has 9 nitrogen and oxygen atoms in total. The largest absolute Gasteiger partial charge is 0.462 e. The number of aromatic nitrogens is 2. The third-order valence-electron chi connectivity index (χ3n) is 3.71. The molecule has 0 aliphatic carbocycles.